The molecule has 0 fully saturated rings. The molecule has 0 saturated carbocycles. The predicted octanol–water partition coefficient (Wildman–Crippen LogP) is 1.88. The molecule has 20 heavy (non-hydrogen) atoms. The average Bonchev–Trinajstić information content (AvgIpc) is 2.42. The van der Waals surface area contributed by atoms with Gasteiger partial charge < -0.3 is 11.1 Å². The number of carbonyl (C=O) groups excluding carboxylic acids is 1. The van der Waals surface area contributed by atoms with Crippen LogP contribution in [0.3, 0.4) is 0 Å². The molecular weight excluding hydrogens is 250 g/mol. The summed E-state index contributed by atoms with van der Waals surface area (Å²) in [4.78, 5) is 14.1. The minimum absolute atomic E-state index is 0.135. The Morgan fingerprint density at radius 1 is 1.15 bits per heavy atom. The van der Waals surface area contributed by atoms with E-state index in [0.717, 1.165) is 25.2 Å². The highest BCUT2D eigenvalue weighted by molar-refractivity contribution is 5.84. The number of rotatable bonds is 7. The molecule has 0 aliphatic heterocycles. The van der Waals surface area contributed by atoms with Crippen molar-refractivity contribution in [1.82, 2.24) is 10.2 Å². The molecule has 1 aromatic carbocycles. The van der Waals surface area contributed by atoms with E-state index in [1.165, 1.54) is 5.56 Å². The maximum atomic E-state index is 11.7. The van der Waals surface area contributed by atoms with Gasteiger partial charge in [-0.25, -0.2) is 0 Å². The largest absolute Gasteiger partial charge is 0.350 e. The van der Waals surface area contributed by atoms with Gasteiger partial charge in [0.05, 0.1) is 5.54 Å². The van der Waals surface area contributed by atoms with E-state index >= 15 is 0 Å². The first kappa shape index (κ1) is 16.7. The Kier molecular flexibility index (Phi) is 6.17. The number of hydrogen-bond donors (Lipinski definition) is 2. The van der Waals surface area contributed by atoms with Crippen molar-refractivity contribution in [2.75, 3.05) is 13.1 Å². The van der Waals surface area contributed by atoms with Crippen LogP contribution >= 0.6 is 0 Å². The molecule has 0 bridgehead atoms. The molecule has 0 radical (unpaired) electrons. The Morgan fingerprint density at radius 2 is 1.65 bits per heavy atom. The van der Waals surface area contributed by atoms with Crippen LogP contribution in [-0.2, 0) is 17.9 Å². The highest BCUT2D eigenvalue weighted by Gasteiger charge is 2.20. The van der Waals surface area contributed by atoms with Crippen LogP contribution in [0.1, 0.15) is 38.8 Å². The van der Waals surface area contributed by atoms with Crippen LogP contribution in [0.5, 0.6) is 0 Å². The van der Waals surface area contributed by atoms with Gasteiger partial charge in [0.1, 0.15) is 0 Å². The van der Waals surface area contributed by atoms with Crippen molar-refractivity contribution in [2.24, 2.45) is 5.73 Å². The number of nitrogens with two attached hydrogens (primary N) is 1. The van der Waals surface area contributed by atoms with Gasteiger partial charge in [0.2, 0.25) is 5.91 Å². The lowest BCUT2D eigenvalue weighted by atomic mass is 10.1. The zero-order valence-corrected chi connectivity index (χ0v) is 13.1. The van der Waals surface area contributed by atoms with Gasteiger partial charge in [0, 0.05) is 13.1 Å². The van der Waals surface area contributed by atoms with Gasteiger partial charge in [-0.1, -0.05) is 38.1 Å². The monoisotopic (exact) mass is 277 g/mol. The molecule has 4 nitrogen and oxygen atoms in total. The van der Waals surface area contributed by atoms with Crippen molar-refractivity contribution in [2.45, 2.75) is 46.3 Å². The molecule has 0 spiro atoms. The summed E-state index contributed by atoms with van der Waals surface area (Å²) in [5.41, 5.74) is 7.29. The summed E-state index contributed by atoms with van der Waals surface area (Å²) >= 11 is 0. The molecule has 0 atom stereocenters. The minimum Gasteiger partial charge on any atom is -0.350 e. The van der Waals surface area contributed by atoms with Gasteiger partial charge in [-0.3, -0.25) is 9.69 Å². The van der Waals surface area contributed by atoms with Crippen LogP contribution in [0.15, 0.2) is 24.3 Å². The van der Waals surface area contributed by atoms with Crippen LogP contribution in [-0.4, -0.2) is 29.4 Å². The summed E-state index contributed by atoms with van der Waals surface area (Å²) in [7, 11) is 0. The van der Waals surface area contributed by atoms with Gasteiger partial charge in [-0.15, -0.1) is 0 Å². The third-order valence-corrected chi connectivity index (χ3v) is 3.36. The zero-order valence-electron chi connectivity index (χ0n) is 13.1. The first-order valence-electron chi connectivity index (χ1n) is 7.24. The topological polar surface area (TPSA) is 58.4 Å². The van der Waals surface area contributed by atoms with Crippen molar-refractivity contribution in [1.29, 1.82) is 0 Å². The van der Waals surface area contributed by atoms with Crippen LogP contribution in [0, 0.1) is 0 Å². The Bertz CT molecular complexity index is 416. The molecule has 1 amide bonds. The van der Waals surface area contributed by atoms with Gasteiger partial charge in [-0.05, 0) is 38.1 Å². The first-order valence-corrected chi connectivity index (χ1v) is 7.24. The van der Waals surface area contributed by atoms with Crippen molar-refractivity contribution >= 4 is 5.91 Å². The van der Waals surface area contributed by atoms with Crippen LogP contribution in [0.2, 0.25) is 0 Å². The second-order valence-corrected chi connectivity index (χ2v) is 5.68. The molecule has 0 heterocycles. The Morgan fingerprint density at radius 3 is 2.10 bits per heavy atom. The summed E-state index contributed by atoms with van der Waals surface area (Å²) in [6.45, 7) is 11.3. The number of nitrogens with one attached hydrogen (secondary N) is 1. The summed E-state index contributed by atoms with van der Waals surface area (Å²) in [6, 6.07) is 8.35. The van der Waals surface area contributed by atoms with E-state index in [0.29, 0.717) is 6.54 Å². The van der Waals surface area contributed by atoms with E-state index < -0.39 is 5.54 Å². The third kappa shape index (κ3) is 5.31. The Balaban J connectivity index is 2.53. The summed E-state index contributed by atoms with van der Waals surface area (Å²) in [5, 5.41) is 2.85. The van der Waals surface area contributed by atoms with Crippen molar-refractivity contribution < 1.29 is 4.79 Å². The average molecular weight is 277 g/mol. The smallest absolute Gasteiger partial charge is 0.239 e. The normalized spacial score (nSPS) is 11.7. The van der Waals surface area contributed by atoms with Crippen molar-refractivity contribution in [3.63, 3.8) is 0 Å². The van der Waals surface area contributed by atoms with Gasteiger partial charge in [-0.2, -0.15) is 0 Å². The van der Waals surface area contributed by atoms with E-state index in [1.807, 2.05) is 0 Å². The fourth-order valence-electron chi connectivity index (χ4n) is 1.88. The molecule has 0 aromatic heterocycles. The van der Waals surface area contributed by atoms with Crippen molar-refractivity contribution in [3.05, 3.63) is 35.4 Å². The van der Waals surface area contributed by atoms with E-state index in [9.17, 15) is 4.79 Å². The quantitative estimate of drug-likeness (QED) is 0.800. The van der Waals surface area contributed by atoms with Gasteiger partial charge in [0.25, 0.3) is 0 Å². The Hall–Kier alpha value is -1.39. The molecule has 112 valence electrons. The number of amides is 1. The predicted molar refractivity (Wildman–Crippen MR) is 83.2 cm³/mol. The number of carbonyl (C=O) groups is 1. The lowest BCUT2D eigenvalue weighted by molar-refractivity contribution is -0.125. The van der Waals surface area contributed by atoms with Crippen LogP contribution in [0.25, 0.3) is 0 Å². The highest BCUT2D eigenvalue weighted by Crippen LogP contribution is 2.08. The molecular formula is C16H27N3O. The molecule has 0 aliphatic carbocycles. The summed E-state index contributed by atoms with van der Waals surface area (Å²) in [5.74, 6) is -0.135. The molecule has 1 rings (SSSR count). The van der Waals surface area contributed by atoms with Gasteiger partial charge >= 0.3 is 0 Å². The molecule has 0 saturated heterocycles. The van der Waals surface area contributed by atoms with Crippen molar-refractivity contribution in [3.8, 4) is 0 Å². The second kappa shape index (κ2) is 7.41. The zero-order chi connectivity index (χ0) is 15.2. The fourth-order valence-corrected chi connectivity index (χ4v) is 1.88. The molecule has 3 N–H and O–H groups in total. The SMILES string of the molecule is CCN(CC)Cc1ccc(CNC(=O)C(C)(C)N)cc1. The van der Waals surface area contributed by atoms with Gasteiger partial charge in [0.15, 0.2) is 0 Å². The summed E-state index contributed by atoms with van der Waals surface area (Å²) < 4.78 is 0. The van der Waals surface area contributed by atoms with E-state index in [4.69, 9.17) is 5.73 Å². The molecule has 4 heteroatoms. The maximum absolute atomic E-state index is 11.7. The molecule has 1 aromatic rings. The lowest BCUT2D eigenvalue weighted by Gasteiger charge is -2.19. The maximum Gasteiger partial charge on any atom is 0.239 e. The lowest BCUT2D eigenvalue weighted by Crippen LogP contribution is -2.48. The van der Waals surface area contributed by atoms with Crippen LogP contribution in [0.4, 0.5) is 0 Å². The van der Waals surface area contributed by atoms with E-state index in [-0.39, 0.29) is 5.91 Å². The number of nitrogens with zero attached hydrogens (tertiary/aromatic N) is 1. The van der Waals surface area contributed by atoms with E-state index in [2.05, 4.69) is 48.3 Å². The molecule has 0 aliphatic rings. The highest BCUT2D eigenvalue weighted by atomic mass is 16.2. The third-order valence-electron chi connectivity index (χ3n) is 3.36. The number of hydrogen-bond acceptors (Lipinski definition) is 3. The minimum atomic E-state index is -0.831. The standard InChI is InChI=1S/C16H27N3O/c1-5-19(6-2)12-14-9-7-13(8-10-14)11-18-15(20)16(3,4)17/h7-10H,5-6,11-12,17H2,1-4H3,(H,18,20). The molecule has 0 unspecified atom stereocenters. The summed E-state index contributed by atoms with van der Waals surface area (Å²) in [6.07, 6.45) is 0. The van der Waals surface area contributed by atoms with Crippen LogP contribution < -0.4 is 11.1 Å². The van der Waals surface area contributed by atoms with E-state index in [1.54, 1.807) is 13.8 Å². The second-order valence-electron chi connectivity index (χ2n) is 5.68. The Labute approximate surface area is 122 Å². The fraction of sp³-hybridized carbons (Fsp3) is 0.562. The first-order chi connectivity index (χ1) is 9.36. The number of benzene rings is 1.